The number of carbonyl (C=O) groups excluding carboxylic acids is 2. The van der Waals surface area contributed by atoms with Crippen molar-refractivity contribution in [3.8, 4) is 0 Å². The lowest BCUT2D eigenvalue weighted by Gasteiger charge is -2.61. The zero-order valence-electron chi connectivity index (χ0n) is 18.7. The maximum absolute atomic E-state index is 13.4. The van der Waals surface area contributed by atoms with E-state index in [1.165, 1.54) is 18.2 Å². The Morgan fingerprint density at radius 3 is 2.45 bits per heavy atom. The van der Waals surface area contributed by atoms with Crippen LogP contribution >= 0.6 is 0 Å². The van der Waals surface area contributed by atoms with Crippen LogP contribution in [0, 0.1) is 5.92 Å². The molecular weight excluding hydrogens is 388 g/mol. The number of hydrogen-bond acceptors (Lipinski definition) is 4. The first-order valence-corrected chi connectivity index (χ1v) is 11.1. The largest absolute Gasteiger partial charge is 0.469 e. The van der Waals surface area contributed by atoms with Crippen LogP contribution in [0.4, 0.5) is 5.69 Å². The van der Waals surface area contributed by atoms with E-state index >= 15 is 0 Å². The normalized spacial score (nSPS) is 31.7. The van der Waals surface area contributed by atoms with Crippen LogP contribution in [-0.4, -0.2) is 49.6 Å². The highest BCUT2D eigenvalue weighted by Gasteiger charge is 2.60. The average Bonchev–Trinajstić information content (AvgIpc) is 3.14. The molecule has 1 saturated heterocycles. The molecule has 4 atom stereocenters. The van der Waals surface area contributed by atoms with Gasteiger partial charge in [-0.2, -0.15) is 0 Å². The molecule has 0 saturated carbocycles. The van der Waals surface area contributed by atoms with Crippen molar-refractivity contribution >= 4 is 17.6 Å². The van der Waals surface area contributed by atoms with E-state index in [9.17, 15) is 9.59 Å². The van der Waals surface area contributed by atoms with Crippen molar-refractivity contribution in [1.82, 2.24) is 4.90 Å². The van der Waals surface area contributed by atoms with Crippen molar-refractivity contribution in [2.75, 3.05) is 32.1 Å². The molecule has 2 aliphatic heterocycles. The van der Waals surface area contributed by atoms with Gasteiger partial charge in [-0.25, -0.2) is 0 Å². The molecule has 0 N–H and O–H groups in total. The third-order valence-corrected chi connectivity index (χ3v) is 8.40. The van der Waals surface area contributed by atoms with Crippen LogP contribution in [0.3, 0.4) is 0 Å². The van der Waals surface area contributed by atoms with Crippen molar-refractivity contribution < 1.29 is 14.3 Å². The van der Waals surface area contributed by atoms with Crippen LogP contribution < -0.4 is 4.90 Å². The molecule has 0 radical (unpaired) electrons. The highest BCUT2D eigenvalue weighted by molar-refractivity contribution is 6.07. The SMILES string of the molecule is COC(=O)C1CN(C)[C@]2(C)CC3CN(C(=O)c4ccccc4)c4cccc(c43)[C@@]2(C)C1. The molecule has 1 aliphatic carbocycles. The number of fused-ring (bicyclic) bond motifs is 2. The van der Waals surface area contributed by atoms with Crippen molar-refractivity contribution in [1.29, 1.82) is 0 Å². The molecule has 2 unspecified atom stereocenters. The zero-order valence-corrected chi connectivity index (χ0v) is 18.7. The van der Waals surface area contributed by atoms with Crippen LogP contribution in [0.25, 0.3) is 0 Å². The van der Waals surface area contributed by atoms with Gasteiger partial charge in [0.15, 0.2) is 0 Å². The van der Waals surface area contributed by atoms with Gasteiger partial charge in [0.25, 0.3) is 5.91 Å². The fraction of sp³-hybridized carbons (Fsp3) is 0.462. The molecule has 162 valence electrons. The van der Waals surface area contributed by atoms with Gasteiger partial charge in [-0.3, -0.25) is 14.5 Å². The second-order valence-electron chi connectivity index (χ2n) is 9.83. The van der Waals surface area contributed by atoms with E-state index in [2.05, 4.69) is 44.0 Å². The average molecular weight is 419 g/mol. The number of benzene rings is 2. The lowest BCUT2D eigenvalue weighted by molar-refractivity contribution is -0.152. The van der Waals surface area contributed by atoms with E-state index in [4.69, 9.17) is 4.74 Å². The summed E-state index contributed by atoms with van der Waals surface area (Å²) in [5.74, 6) is 0.0752. The van der Waals surface area contributed by atoms with Crippen molar-refractivity contribution in [3.05, 3.63) is 65.2 Å². The summed E-state index contributed by atoms with van der Waals surface area (Å²) in [6.45, 7) is 6.04. The van der Waals surface area contributed by atoms with Crippen molar-refractivity contribution in [2.24, 2.45) is 5.92 Å². The van der Waals surface area contributed by atoms with Crippen LogP contribution in [0.15, 0.2) is 48.5 Å². The van der Waals surface area contributed by atoms with Gasteiger partial charge < -0.3 is 9.64 Å². The Kier molecular flexibility index (Phi) is 4.52. The summed E-state index contributed by atoms with van der Waals surface area (Å²) < 4.78 is 5.12. The second-order valence-corrected chi connectivity index (χ2v) is 9.83. The number of piperidine rings is 1. The monoisotopic (exact) mass is 418 g/mol. The third kappa shape index (κ3) is 2.72. The van der Waals surface area contributed by atoms with Crippen molar-refractivity contribution in [3.63, 3.8) is 0 Å². The fourth-order valence-corrected chi connectivity index (χ4v) is 6.52. The number of likely N-dealkylation sites (tertiary alicyclic amines) is 1. The van der Waals surface area contributed by atoms with E-state index in [1.54, 1.807) is 0 Å². The van der Waals surface area contributed by atoms with E-state index in [-0.39, 0.29) is 28.7 Å². The Morgan fingerprint density at radius 1 is 1.00 bits per heavy atom. The molecule has 2 heterocycles. The molecule has 0 spiro atoms. The first-order chi connectivity index (χ1) is 14.8. The van der Waals surface area contributed by atoms with Gasteiger partial charge in [-0.05, 0) is 56.1 Å². The molecule has 31 heavy (non-hydrogen) atoms. The number of nitrogens with zero attached hydrogens (tertiary/aromatic N) is 2. The number of methoxy groups -OCH3 is 1. The zero-order chi connectivity index (χ0) is 22.0. The van der Waals surface area contributed by atoms with E-state index < -0.39 is 0 Å². The summed E-state index contributed by atoms with van der Waals surface area (Å²) in [5, 5.41) is 0. The van der Waals surface area contributed by atoms with Crippen LogP contribution in [0.2, 0.25) is 0 Å². The maximum atomic E-state index is 13.4. The Balaban J connectivity index is 1.61. The highest BCUT2D eigenvalue weighted by atomic mass is 16.5. The Hall–Kier alpha value is -2.66. The third-order valence-electron chi connectivity index (χ3n) is 8.40. The summed E-state index contributed by atoms with van der Waals surface area (Å²) in [6, 6.07) is 15.9. The number of carbonyl (C=O) groups is 2. The molecule has 0 bridgehead atoms. The minimum atomic E-state index is -0.202. The lowest BCUT2D eigenvalue weighted by atomic mass is 9.53. The van der Waals surface area contributed by atoms with Gasteiger partial charge in [0.1, 0.15) is 0 Å². The minimum Gasteiger partial charge on any atom is -0.469 e. The Labute approximate surface area is 184 Å². The summed E-state index contributed by atoms with van der Waals surface area (Å²) in [6.07, 6.45) is 1.73. The summed E-state index contributed by atoms with van der Waals surface area (Å²) >= 11 is 0. The minimum absolute atomic E-state index is 0.0578. The van der Waals surface area contributed by atoms with E-state index in [0.29, 0.717) is 19.0 Å². The molecule has 5 heteroatoms. The van der Waals surface area contributed by atoms with Crippen LogP contribution in [-0.2, 0) is 14.9 Å². The van der Waals surface area contributed by atoms with Gasteiger partial charge >= 0.3 is 5.97 Å². The molecule has 2 aromatic carbocycles. The number of anilines is 1. The maximum Gasteiger partial charge on any atom is 0.309 e. The Morgan fingerprint density at radius 2 is 1.74 bits per heavy atom. The summed E-state index contributed by atoms with van der Waals surface area (Å²) in [7, 11) is 3.60. The quantitative estimate of drug-likeness (QED) is 0.693. The summed E-state index contributed by atoms with van der Waals surface area (Å²) in [4.78, 5) is 30.2. The smallest absolute Gasteiger partial charge is 0.309 e. The predicted molar refractivity (Wildman–Crippen MR) is 120 cm³/mol. The van der Waals surface area contributed by atoms with Gasteiger partial charge in [-0.1, -0.05) is 37.3 Å². The van der Waals surface area contributed by atoms with E-state index in [1.807, 2.05) is 35.2 Å². The van der Waals surface area contributed by atoms with Crippen molar-refractivity contribution in [2.45, 2.75) is 43.6 Å². The fourth-order valence-electron chi connectivity index (χ4n) is 6.52. The van der Waals surface area contributed by atoms with E-state index in [0.717, 1.165) is 24.1 Å². The Bertz CT molecular complexity index is 1050. The topological polar surface area (TPSA) is 49.9 Å². The number of rotatable bonds is 2. The number of amides is 1. The van der Waals surface area contributed by atoms with Gasteiger partial charge in [-0.15, -0.1) is 0 Å². The highest BCUT2D eigenvalue weighted by Crippen LogP contribution is 2.60. The molecule has 3 aliphatic rings. The van der Waals surface area contributed by atoms with Gasteiger partial charge in [0.05, 0.1) is 13.0 Å². The molecule has 0 aromatic heterocycles. The number of ether oxygens (including phenoxy) is 1. The molecular formula is C26H30N2O3. The number of esters is 1. The standard InChI is InChI=1S/C26H30N2O3/c1-25-13-19(24(30)31-4)15-27(3)26(25,2)14-18-16-28(21-12-8-11-20(25)22(18)21)23(29)17-9-6-5-7-10-17/h5-12,18-19H,13-16H2,1-4H3/t18?,19?,25-,26-/m1/s1. The summed E-state index contributed by atoms with van der Waals surface area (Å²) in [5.41, 5.74) is 4.03. The first-order valence-electron chi connectivity index (χ1n) is 11.1. The van der Waals surface area contributed by atoms with Crippen LogP contribution in [0.1, 0.15) is 54.1 Å². The lowest BCUT2D eigenvalue weighted by Crippen LogP contribution is -2.66. The molecule has 1 amide bonds. The number of likely N-dealkylation sites (N-methyl/N-ethyl adjacent to an activating group) is 1. The molecule has 1 fully saturated rings. The number of hydrogen-bond donors (Lipinski definition) is 0. The first kappa shape index (κ1) is 20.3. The predicted octanol–water partition coefficient (Wildman–Crippen LogP) is 3.98. The molecule has 5 nitrogen and oxygen atoms in total. The van der Waals surface area contributed by atoms with Crippen LogP contribution in [0.5, 0.6) is 0 Å². The van der Waals surface area contributed by atoms with Gasteiger partial charge in [0, 0.05) is 41.2 Å². The second kappa shape index (κ2) is 6.92. The molecule has 5 rings (SSSR count). The molecule has 2 aromatic rings. The van der Waals surface area contributed by atoms with Gasteiger partial charge in [0.2, 0.25) is 0 Å².